The topological polar surface area (TPSA) is 17.1 Å². The van der Waals surface area contributed by atoms with Gasteiger partial charge in [0.25, 0.3) is 0 Å². The number of halogens is 1. The first-order valence-corrected chi connectivity index (χ1v) is 5.73. The van der Waals surface area contributed by atoms with Crippen LogP contribution in [-0.2, 0) is 4.79 Å². The van der Waals surface area contributed by atoms with Crippen LogP contribution in [0.4, 0.5) is 0 Å². The van der Waals surface area contributed by atoms with E-state index in [-0.39, 0.29) is 52.1 Å². The Morgan fingerprint density at radius 1 is 1.17 bits per heavy atom. The quantitative estimate of drug-likeness (QED) is 0.475. The summed E-state index contributed by atoms with van der Waals surface area (Å²) in [6, 6.07) is 8.19. The van der Waals surface area contributed by atoms with Crippen LogP contribution in [0.3, 0.4) is 0 Å². The number of benzene rings is 1. The van der Waals surface area contributed by atoms with Crippen LogP contribution in [-0.4, -0.2) is 28.8 Å². The number of allylic oxidation sites excluding steroid dienone is 1. The van der Waals surface area contributed by atoms with Crippen LogP contribution < -0.4 is 12.4 Å². The SMILES string of the molecule is CC1(C)C[C@@]12[CH-]c1ccccc1C=CC2=O.[Cl-].[Mg+2]. The van der Waals surface area contributed by atoms with E-state index in [1.165, 1.54) is 5.56 Å². The average molecular weight is 271 g/mol. The van der Waals surface area contributed by atoms with E-state index in [4.69, 9.17) is 0 Å². The summed E-state index contributed by atoms with van der Waals surface area (Å²) in [6.45, 7) is 4.34. The van der Waals surface area contributed by atoms with Gasteiger partial charge >= 0.3 is 23.1 Å². The van der Waals surface area contributed by atoms with Gasteiger partial charge in [-0.15, -0.1) is 23.8 Å². The first-order valence-electron chi connectivity index (χ1n) is 5.73. The zero-order valence-electron chi connectivity index (χ0n) is 10.7. The van der Waals surface area contributed by atoms with Crippen molar-refractivity contribution >= 4 is 34.9 Å². The fourth-order valence-corrected chi connectivity index (χ4v) is 2.76. The van der Waals surface area contributed by atoms with Gasteiger partial charge in [-0.2, -0.15) is 18.1 Å². The third-order valence-corrected chi connectivity index (χ3v) is 4.06. The molecule has 0 bridgehead atoms. The summed E-state index contributed by atoms with van der Waals surface area (Å²) in [5.41, 5.74) is 2.22. The van der Waals surface area contributed by atoms with Crippen LogP contribution in [0, 0.1) is 17.3 Å². The average Bonchev–Trinajstić information content (AvgIpc) is 2.83. The Kier molecular flexibility index (Phi) is 4.26. The van der Waals surface area contributed by atoms with Gasteiger partial charge in [-0.05, 0) is 17.9 Å². The molecule has 1 nitrogen and oxygen atoms in total. The monoisotopic (exact) mass is 270 g/mol. The van der Waals surface area contributed by atoms with Crippen molar-refractivity contribution in [3.63, 3.8) is 0 Å². The van der Waals surface area contributed by atoms with E-state index < -0.39 is 0 Å². The van der Waals surface area contributed by atoms with Crippen molar-refractivity contribution in [3.05, 3.63) is 47.9 Å². The summed E-state index contributed by atoms with van der Waals surface area (Å²) >= 11 is 0. The van der Waals surface area contributed by atoms with Crippen LogP contribution in [0.25, 0.3) is 6.08 Å². The van der Waals surface area contributed by atoms with Crippen molar-refractivity contribution < 1.29 is 17.2 Å². The minimum Gasteiger partial charge on any atom is -1.00 e. The maximum atomic E-state index is 12.2. The Balaban J connectivity index is 0.000000810. The van der Waals surface area contributed by atoms with Gasteiger partial charge in [0.1, 0.15) is 0 Å². The molecule has 3 heteroatoms. The van der Waals surface area contributed by atoms with Crippen LogP contribution in [0.5, 0.6) is 0 Å². The second-order valence-corrected chi connectivity index (χ2v) is 5.50. The van der Waals surface area contributed by atoms with Gasteiger partial charge in [-0.25, -0.2) is 0 Å². The molecular formula is C15H15ClMgO. The van der Waals surface area contributed by atoms with Crippen molar-refractivity contribution in [1.82, 2.24) is 0 Å². The molecule has 0 saturated heterocycles. The molecule has 1 aromatic carbocycles. The number of rotatable bonds is 0. The van der Waals surface area contributed by atoms with E-state index in [0.29, 0.717) is 0 Å². The second-order valence-electron chi connectivity index (χ2n) is 5.50. The van der Waals surface area contributed by atoms with Crippen molar-refractivity contribution in [1.29, 1.82) is 0 Å². The fraction of sp³-hybridized carbons (Fsp3) is 0.333. The molecule has 90 valence electrons. The largest absolute Gasteiger partial charge is 2.00 e. The molecule has 1 atom stereocenters. The molecule has 0 unspecified atom stereocenters. The van der Waals surface area contributed by atoms with E-state index in [1.54, 1.807) is 6.08 Å². The number of hydrogen-bond donors (Lipinski definition) is 0. The Bertz CT molecular complexity index is 507. The number of carbonyl (C=O) groups is 1. The molecule has 2 aliphatic carbocycles. The molecule has 1 fully saturated rings. The normalized spacial score (nSPS) is 26.2. The zero-order valence-corrected chi connectivity index (χ0v) is 12.9. The zero-order chi connectivity index (χ0) is 11.4. The van der Waals surface area contributed by atoms with Gasteiger partial charge < -0.3 is 12.4 Å². The number of hydrogen-bond acceptors (Lipinski definition) is 1. The van der Waals surface area contributed by atoms with E-state index in [9.17, 15) is 4.79 Å². The molecule has 1 spiro atoms. The van der Waals surface area contributed by atoms with Crippen LogP contribution in [0.15, 0.2) is 30.3 Å². The van der Waals surface area contributed by atoms with Crippen LogP contribution in [0.2, 0.25) is 0 Å². The number of carbonyl (C=O) groups excluding carboxylic acids is 1. The van der Waals surface area contributed by atoms with Crippen LogP contribution in [0.1, 0.15) is 31.4 Å². The van der Waals surface area contributed by atoms with E-state index >= 15 is 0 Å². The molecule has 1 saturated carbocycles. The van der Waals surface area contributed by atoms with Gasteiger partial charge in [0.05, 0.1) is 0 Å². The minimum absolute atomic E-state index is 0. The molecule has 0 N–H and O–H groups in total. The molecule has 0 amide bonds. The Morgan fingerprint density at radius 3 is 2.39 bits per heavy atom. The Labute approximate surface area is 131 Å². The maximum absolute atomic E-state index is 12.2. The summed E-state index contributed by atoms with van der Waals surface area (Å²) in [7, 11) is 0. The van der Waals surface area contributed by atoms with Gasteiger partial charge in [0.15, 0.2) is 5.78 Å². The Hall–Kier alpha value is -0.444. The first kappa shape index (κ1) is 15.6. The molecular weight excluding hydrogens is 256 g/mol. The summed E-state index contributed by atoms with van der Waals surface area (Å²) < 4.78 is 0. The molecule has 0 aliphatic heterocycles. The van der Waals surface area contributed by atoms with Gasteiger partial charge in [-0.3, -0.25) is 4.79 Å². The molecule has 3 rings (SSSR count). The Morgan fingerprint density at radius 2 is 1.78 bits per heavy atom. The summed E-state index contributed by atoms with van der Waals surface area (Å²) in [6.07, 6.45) is 6.83. The van der Waals surface area contributed by atoms with E-state index in [1.807, 2.05) is 18.2 Å². The van der Waals surface area contributed by atoms with Gasteiger partial charge in [0, 0.05) is 5.41 Å². The molecule has 0 radical (unpaired) electrons. The summed E-state index contributed by atoms with van der Waals surface area (Å²) in [5, 5.41) is 0. The third kappa shape index (κ3) is 2.11. The van der Waals surface area contributed by atoms with Crippen molar-refractivity contribution in [2.45, 2.75) is 20.3 Å². The van der Waals surface area contributed by atoms with E-state index in [2.05, 4.69) is 32.4 Å². The van der Waals surface area contributed by atoms with Gasteiger partial charge in [0.2, 0.25) is 0 Å². The minimum atomic E-state index is -0.240. The van der Waals surface area contributed by atoms with Crippen molar-refractivity contribution in [2.24, 2.45) is 10.8 Å². The number of ketones is 1. The van der Waals surface area contributed by atoms with Gasteiger partial charge in [-0.1, -0.05) is 19.9 Å². The molecule has 0 aromatic heterocycles. The van der Waals surface area contributed by atoms with Crippen molar-refractivity contribution in [3.8, 4) is 0 Å². The first-order chi connectivity index (χ1) is 7.55. The standard InChI is InChI=1S/C15H15O.ClH.Mg/c1-14(2)10-15(14)9-12-6-4-3-5-11(12)7-8-13(15)16;;/h3-9H,10H2,1-2H3;1H;/q-1;;+2/p-1/t15-;;/m1../s1. The fourth-order valence-electron chi connectivity index (χ4n) is 2.76. The second kappa shape index (κ2) is 4.91. The predicted molar refractivity (Wildman–Crippen MR) is 70.5 cm³/mol. The smallest absolute Gasteiger partial charge is 1.00 e. The molecule has 0 heterocycles. The third-order valence-electron chi connectivity index (χ3n) is 4.06. The molecule has 18 heavy (non-hydrogen) atoms. The molecule has 2 aliphatic rings. The predicted octanol–water partition coefficient (Wildman–Crippen LogP) is -0.126. The summed E-state index contributed by atoms with van der Waals surface area (Å²) in [5.74, 6) is 0.258. The van der Waals surface area contributed by atoms with E-state index in [0.717, 1.165) is 12.0 Å². The van der Waals surface area contributed by atoms with Crippen molar-refractivity contribution in [2.75, 3.05) is 0 Å². The summed E-state index contributed by atoms with van der Waals surface area (Å²) in [4.78, 5) is 12.2. The number of fused-ring (bicyclic) bond motifs is 1. The molecule has 1 aromatic rings. The van der Waals surface area contributed by atoms with Crippen LogP contribution >= 0.6 is 0 Å². The maximum Gasteiger partial charge on any atom is 2.00 e.